The first-order valence-electron chi connectivity index (χ1n) is 9.32. The fourth-order valence-electron chi connectivity index (χ4n) is 2.82. The third-order valence-corrected chi connectivity index (χ3v) is 7.44. The van der Waals surface area contributed by atoms with E-state index in [-0.39, 0.29) is 11.3 Å². The van der Waals surface area contributed by atoms with E-state index in [2.05, 4.69) is 15.0 Å². The molecule has 0 aliphatic rings. The number of rotatable bonds is 7. The molecule has 0 aliphatic carbocycles. The van der Waals surface area contributed by atoms with Gasteiger partial charge in [-0.2, -0.15) is 4.98 Å². The molecule has 0 fully saturated rings. The van der Waals surface area contributed by atoms with E-state index in [1.165, 1.54) is 14.0 Å². The molecule has 7 nitrogen and oxygen atoms in total. The van der Waals surface area contributed by atoms with Crippen LogP contribution in [0.2, 0.25) is 0 Å². The lowest BCUT2D eigenvalue weighted by atomic mass is 10.1. The van der Waals surface area contributed by atoms with Crippen molar-refractivity contribution in [3.63, 3.8) is 0 Å². The van der Waals surface area contributed by atoms with Crippen molar-refractivity contribution in [2.75, 3.05) is 13.3 Å². The van der Waals surface area contributed by atoms with E-state index in [1.54, 1.807) is 0 Å². The summed E-state index contributed by atoms with van der Waals surface area (Å²) in [5.74, 6) is -5.53. The topological polar surface area (TPSA) is 90.7 Å². The van der Waals surface area contributed by atoms with Crippen LogP contribution in [0.1, 0.15) is 12.5 Å². The summed E-state index contributed by atoms with van der Waals surface area (Å²) in [5.41, 5.74) is -0.460. The Morgan fingerprint density at radius 2 is 1.53 bits per heavy atom. The fraction of sp³-hybridized carbons (Fsp3) is 0.190. The predicted octanol–water partition coefficient (Wildman–Crippen LogP) is 5.14. The second-order valence-corrected chi connectivity index (χ2v) is 9.85. The van der Waals surface area contributed by atoms with Gasteiger partial charge in [0.1, 0.15) is 11.6 Å². The number of ether oxygens (including phenoxy) is 2. The third-order valence-electron chi connectivity index (χ3n) is 4.59. The van der Waals surface area contributed by atoms with E-state index in [0.717, 1.165) is 36.7 Å². The molecular weight excluding hydrogens is 502 g/mol. The summed E-state index contributed by atoms with van der Waals surface area (Å²) >= 11 is 6.51. The molecule has 0 aliphatic heterocycles. The zero-order chi connectivity index (χ0) is 25.3. The minimum atomic E-state index is -4.17. The van der Waals surface area contributed by atoms with Gasteiger partial charge in [0.2, 0.25) is 10.1 Å². The first kappa shape index (κ1) is 25.4. The number of hydrogen-bond acceptors (Lipinski definition) is 7. The van der Waals surface area contributed by atoms with E-state index >= 15 is 0 Å². The van der Waals surface area contributed by atoms with Crippen LogP contribution < -0.4 is 9.47 Å². The number of alkyl halides is 1. The van der Waals surface area contributed by atoms with E-state index in [9.17, 15) is 26.0 Å². The Morgan fingerprint density at radius 3 is 2.00 bits per heavy atom. The van der Waals surface area contributed by atoms with Gasteiger partial charge < -0.3 is 9.47 Å². The van der Waals surface area contributed by atoms with Crippen LogP contribution in [0.4, 0.5) is 17.6 Å². The number of nitrogens with zero attached hydrogens (tertiary/aromatic N) is 3. The summed E-state index contributed by atoms with van der Waals surface area (Å²) in [6, 6.07) is 4.26. The number of sulfone groups is 1. The standard InChI is InChI=1S/C21H16ClF4N3O4S/c1-11(27-2)21(22,34(3,30)31)14-10-28-20(33-18-7-5-13(24)9-16(18)26)29-19(14)32-17-6-4-12(23)8-15(17)25/h4-10H,1-3H3/t21-/m1/s1. The lowest BCUT2D eigenvalue weighted by Crippen LogP contribution is -2.37. The number of aliphatic imine (C=N–C) groups is 1. The maximum absolute atomic E-state index is 14.3. The van der Waals surface area contributed by atoms with Crippen LogP contribution in [0, 0.1) is 23.3 Å². The maximum Gasteiger partial charge on any atom is 0.325 e. The van der Waals surface area contributed by atoms with Crippen molar-refractivity contribution >= 4 is 27.1 Å². The molecule has 1 atom stereocenters. The van der Waals surface area contributed by atoms with Gasteiger partial charge in [-0.1, -0.05) is 11.6 Å². The van der Waals surface area contributed by atoms with Crippen molar-refractivity contribution in [1.29, 1.82) is 0 Å². The molecule has 2 aromatic carbocycles. The van der Waals surface area contributed by atoms with Crippen molar-refractivity contribution in [3.8, 4) is 23.4 Å². The van der Waals surface area contributed by atoms with Crippen molar-refractivity contribution in [1.82, 2.24) is 9.97 Å². The minimum absolute atomic E-state index is 0.0945. The van der Waals surface area contributed by atoms with E-state index < -0.39 is 60.7 Å². The summed E-state index contributed by atoms with van der Waals surface area (Å²) in [6.07, 6.45) is 1.75. The highest BCUT2D eigenvalue weighted by Gasteiger charge is 2.47. The van der Waals surface area contributed by atoms with E-state index in [1.807, 2.05) is 0 Å². The quantitative estimate of drug-likeness (QED) is 0.245. The number of halogens is 5. The molecule has 34 heavy (non-hydrogen) atoms. The molecule has 0 radical (unpaired) electrons. The molecule has 0 saturated heterocycles. The van der Waals surface area contributed by atoms with Crippen LogP contribution >= 0.6 is 11.6 Å². The van der Waals surface area contributed by atoms with Crippen LogP contribution in [0.15, 0.2) is 47.6 Å². The maximum atomic E-state index is 14.3. The summed E-state index contributed by atoms with van der Waals surface area (Å²) in [4.78, 5) is 11.6. The summed E-state index contributed by atoms with van der Waals surface area (Å²) in [7, 11) is -2.87. The monoisotopic (exact) mass is 517 g/mol. The van der Waals surface area contributed by atoms with E-state index in [0.29, 0.717) is 12.1 Å². The zero-order valence-corrected chi connectivity index (χ0v) is 19.4. The average molecular weight is 518 g/mol. The highest BCUT2D eigenvalue weighted by Crippen LogP contribution is 2.42. The molecule has 0 saturated carbocycles. The minimum Gasteiger partial charge on any atom is -0.435 e. The van der Waals surface area contributed by atoms with E-state index in [4.69, 9.17) is 21.1 Å². The SMILES string of the molecule is CN=C(C)[C@](Cl)(c1cnc(Oc2ccc(F)cc2F)nc1Oc1ccc(F)cc1F)S(C)(=O)=O. The number of benzene rings is 2. The van der Waals surface area contributed by atoms with Gasteiger partial charge in [-0.3, -0.25) is 4.99 Å². The van der Waals surface area contributed by atoms with Crippen LogP contribution in [0.5, 0.6) is 23.4 Å². The molecule has 1 heterocycles. The van der Waals surface area contributed by atoms with Gasteiger partial charge in [0.15, 0.2) is 33.0 Å². The molecule has 0 bridgehead atoms. The largest absolute Gasteiger partial charge is 0.435 e. The van der Waals surface area contributed by atoms with Crippen molar-refractivity contribution in [2.45, 2.75) is 11.1 Å². The van der Waals surface area contributed by atoms with Gasteiger partial charge in [-0.05, 0) is 31.2 Å². The van der Waals surface area contributed by atoms with Crippen molar-refractivity contribution < 1.29 is 35.5 Å². The lowest BCUT2D eigenvalue weighted by Gasteiger charge is -2.26. The molecule has 180 valence electrons. The summed E-state index contributed by atoms with van der Waals surface area (Å²) < 4.78 is 88.4. The third kappa shape index (κ3) is 4.97. The number of aromatic nitrogens is 2. The Morgan fingerprint density at radius 1 is 1.00 bits per heavy atom. The lowest BCUT2D eigenvalue weighted by molar-refractivity contribution is 0.379. The van der Waals surface area contributed by atoms with Crippen LogP contribution in [-0.4, -0.2) is 37.4 Å². The molecule has 0 N–H and O–H groups in total. The van der Waals surface area contributed by atoms with Gasteiger partial charge in [0, 0.05) is 37.3 Å². The summed E-state index contributed by atoms with van der Waals surface area (Å²) in [6.45, 7) is 1.33. The highest BCUT2D eigenvalue weighted by molar-refractivity contribution is 7.93. The van der Waals surface area contributed by atoms with Crippen LogP contribution in [0.3, 0.4) is 0 Å². The average Bonchev–Trinajstić information content (AvgIpc) is 2.76. The van der Waals surface area contributed by atoms with Gasteiger partial charge in [0.25, 0.3) is 0 Å². The Hall–Kier alpha value is -3.25. The van der Waals surface area contributed by atoms with Gasteiger partial charge >= 0.3 is 6.01 Å². The second-order valence-electron chi connectivity index (χ2n) is 6.90. The number of hydrogen-bond donors (Lipinski definition) is 0. The molecule has 3 aromatic rings. The Labute approximate surface area is 197 Å². The van der Waals surface area contributed by atoms with Crippen molar-refractivity contribution in [3.05, 3.63) is 71.4 Å². The first-order valence-corrected chi connectivity index (χ1v) is 11.6. The molecule has 13 heteroatoms. The molecular formula is C21H16ClF4N3O4S. The van der Waals surface area contributed by atoms with Crippen LogP contribution in [-0.2, 0) is 14.0 Å². The molecule has 3 rings (SSSR count). The van der Waals surface area contributed by atoms with Crippen molar-refractivity contribution in [2.24, 2.45) is 4.99 Å². The van der Waals surface area contributed by atoms with Gasteiger partial charge in [-0.25, -0.2) is 31.0 Å². The Bertz CT molecular complexity index is 1390. The predicted molar refractivity (Wildman–Crippen MR) is 116 cm³/mol. The highest BCUT2D eigenvalue weighted by atomic mass is 35.5. The Kier molecular flexibility index (Phi) is 7.13. The molecule has 0 spiro atoms. The smallest absolute Gasteiger partial charge is 0.325 e. The molecule has 0 amide bonds. The second kappa shape index (κ2) is 9.55. The normalized spacial score (nSPS) is 13.9. The zero-order valence-electron chi connectivity index (χ0n) is 17.8. The van der Waals surface area contributed by atoms with Gasteiger partial charge in [0.05, 0.1) is 5.56 Å². The Balaban J connectivity index is 2.20. The van der Waals surface area contributed by atoms with Gasteiger partial charge in [-0.15, -0.1) is 0 Å². The van der Waals surface area contributed by atoms with Crippen LogP contribution in [0.25, 0.3) is 0 Å². The summed E-state index contributed by atoms with van der Waals surface area (Å²) in [5, 5.41) is 0. The molecule has 0 unspecified atom stereocenters. The molecule has 1 aromatic heterocycles. The first-order chi connectivity index (χ1) is 15.9. The fourth-order valence-corrected chi connectivity index (χ4v) is 4.21.